The van der Waals surface area contributed by atoms with Crippen molar-refractivity contribution in [1.29, 1.82) is 0 Å². The molecule has 48 heavy (non-hydrogen) atoms. The van der Waals surface area contributed by atoms with Crippen LogP contribution in [0, 0.1) is 0 Å². The summed E-state index contributed by atoms with van der Waals surface area (Å²) in [5.74, 6) is 5.56. The van der Waals surface area contributed by atoms with E-state index in [2.05, 4.69) is 15.0 Å². The van der Waals surface area contributed by atoms with Gasteiger partial charge in [0.2, 0.25) is 0 Å². The molecule has 7 rings (SSSR count). The molecule has 7 aromatic rings. The van der Waals surface area contributed by atoms with E-state index in [4.69, 9.17) is 28.4 Å². The minimum atomic E-state index is -0.0280. The van der Waals surface area contributed by atoms with Gasteiger partial charge in [-0.2, -0.15) is 0 Å². The molecule has 9 nitrogen and oxygen atoms in total. The Morgan fingerprint density at radius 2 is 0.396 bits per heavy atom. The molecule has 0 fully saturated rings. The molecular weight excluding hydrogens is 606 g/mol. The first-order valence-corrected chi connectivity index (χ1v) is 15.0. The van der Waals surface area contributed by atoms with Crippen LogP contribution in [0.4, 0.5) is 0 Å². The van der Waals surface area contributed by atoms with Gasteiger partial charge in [0.1, 0.15) is 51.7 Å². The molecule has 0 aliphatic heterocycles. The van der Waals surface area contributed by atoms with Crippen LogP contribution in [0.5, 0.6) is 69.8 Å². The minimum Gasteiger partial charge on any atom is -0.457 e. The first kappa shape index (κ1) is 29.8. The fraction of sp³-hybridized carbons (Fsp3) is 0. The van der Waals surface area contributed by atoms with Crippen LogP contribution in [-0.4, -0.2) is 15.0 Å². The zero-order valence-electron chi connectivity index (χ0n) is 25.4. The molecule has 9 heteroatoms. The van der Waals surface area contributed by atoms with Crippen molar-refractivity contribution in [3.63, 3.8) is 0 Å². The molecule has 0 bridgehead atoms. The van der Waals surface area contributed by atoms with Crippen LogP contribution in [0.3, 0.4) is 0 Å². The lowest BCUT2D eigenvalue weighted by atomic mass is 10.3. The fourth-order valence-corrected chi connectivity index (χ4v) is 4.37. The van der Waals surface area contributed by atoms with E-state index >= 15 is 0 Å². The third-order valence-electron chi connectivity index (χ3n) is 6.61. The van der Waals surface area contributed by atoms with E-state index in [0.29, 0.717) is 34.5 Å². The molecule has 0 aliphatic rings. The van der Waals surface area contributed by atoms with E-state index < -0.39 is 0 Å². The van der Waals surface area contributed by atoms with Gasteiger partial charge in [-0.25, -0.2) is 0 Å². The highest BCUT2D eigenvalue weighted by atomic mass is 16.5. The molecule has 0 atom stereocenters. The Labute approximate surface area is 276 Å². The fourth-order valence-electron chi connectivity index (χ4n) is 4.37. The Kier molecular flexibility index (Phi) is 9.00. The van der Waals surface area contributed by atoms with Crippen LogP contribution in [0.2, 0.25) is 0 Å². The summed E-state index contributed by atoms with van der Waals surface area (Å²) < 4.78 is 35.6. The van der Waals surface area contributed by atoms with Crippen LogP contribution in [0.1, 0.15) is 0 Å². The zero-order chi connectivity index (χ0) is 32.4. The predicted molar refractivity (Wildman–Crippen MR) is 179 cm³/mol. The number of hydrogen-bond donors (Lipinski definition) is 0. The highest BCUT2D eigenvalue weighted by Gasteiger charge is 2.14. The van der Waals surface area contributed by atoms with Gasteiger partial charge >= 0.3 is 18.0 Å². The number of rotatable bonds is 12. The SMILES string of the molecule is c1ccc(Oc2ccc(Oc3nc(Oc4ccc(Oc5ccccc5)cc4)nc(Oc4ccc(Oc5ccccc5)cc4)n3)cc2)cc1. The van der Waals surface area contributed by atoms with Crippen LogP contribution in [0.25, 0.3) is 0 Å². The van der Waals surface area contributed by atoms with Crippen LogP contribution < -0.4 is 28.4 Å². The molecule has 0 unspecified atom stereocenters. The molecule has 234 valence electrons. The summed E-state index contributed by atoms with van der Waals surface area (Å²) >= 11 is 0. The lowest BCUT2D eigenvalue weighted by Gasteiger charge is -2.11. The van der Waals surface area contributed by atoms with Crippen LogP contribution >= 0.6 is 0 Å². The summed E-state index contributed by atoms with van der Waals surface area (Å²) in [6, 6.07) is 49.7. The number of para-hydroxylation sites is 3. The van der Waals surface area contributed by atoms with E-state index in [-0.39, 0.29) is 18.0 Å². The van der Waals surface area contributed by atoms with Gasteiger partial charge in [-0.3, -0.25) is 0 Å². The van der Waals surface area contributed by atoms with E-state index in [1.54, 1.807) is 72.8 Å². The molecule has 0 saturated carbocycles. The number of benzene rings is 6. The maximum Gasteiger partial charge on any atom is 0.331 e. The molecule has 0 aliphatic carbocycles. The molecule has 0 spiro atoms. The second-order valence-electron chi connectivity index (χ2n) is 10.1. The average Bonchev–Trinajstić information content (AvgIpc) is 3.12. The maximum absolute atomic E-state index is 5.99. The van der Waals surface area contributed by atoms with Gasteiger partial charge in [-0.1, -0.05) is 54.6 Å². The first-order valence-electron chi connectivity index (χ1n) is 15.0. The van der Waals surface area contributed by atoms with Gasteiger partial charge < -0.3 is 28.4 Å². The third kappa shape index (κ3) is 8.23. The number of ether oxygens (including phenoxy) is 6. The normalized spacial score (nSPS) is 10.5. The second kappa shape index (κ2) is 14.5. The Bertz CT molecular complexity index is 1790. The van der Waals surface area contributed by atoms with Crippen molar-refractivity contribution in [1.82, 2.24) is 15.0 Å². The largest absolute Gasteiger partial charge is 0.457 e. The van der Waals surface area contributed by atoms with Crippen molar-refractivity contribution >= 4 is 0 Å². The number of hydrogen-bond acceptors (Lipinski definition) is 9. The molecule has 1 heterocycles. The monoisotopic (exact) mass is 633 g/mol. The maximum atomic E-state index is 5.99. The number of aromatic nitrogens is 3. The lowest BCUT2D eigenvalue weighted by Crippen LogP contribution is -2.01. The van der Waals surface area contributed by atoms with Crippen LogP contribution in [-0.2, 0) is 0 Å². The molecule has 0 amide bonds. The molecule has 1 aromatic heterocycles. The van der Waals surface area contributed by atoms with Crippen molar-refractivity contribution in [2.24, 2.45) is 0 Å². The van der Waals surface area contributed by atoms with E-state index in [0.717, 1.165) is 17.2 Å². The first-order chi connectivity index (χ1) is 23.7. The Hall–Kier alpha value is -6.87. The van der Waals surface area contributed by atoms with Gasteiger partial charge in [0.25, 0.3) is 0 Å². The van der Waals surface area contributed by atoms with Gasteiger partial charge in [-0.05, 0) is 109 Å². The standard InChI is InChI=1S/C39H27N3O6/c1-4-10-28(11-5-1)43-31-16-22-34(23-17-31)46-37-40-38(47-35-24-18-32(19-25-35)44-29-12-6-2-7-13-29)42-39(41-37)48-36-26-20-33(21-27-36)45-30-14-8-3-9-15-30/h1-27H. The van der Waals surface area contributed by atoms with Crippen molar-refractivity contribution in [3.05, 3.63) is 164 Å². The molecule has 0 saturated heterocycles. The molecule has 0 radical (unpaired) electrons. The van der Waals surface area contributed by atoms with E-state index in [1.807, 2.05) is 91.0 Å². The minimum absolute atomic E-state index is 0.0280. The van der Waals surface area contributed by atoms with Gasteiger partial charge in [0, 0.05) is 0 Å². The van der Waals surface area contributed by atoms with Crippen molar-refractivity contribution in [2.45, 2.75) is 0 Å². The smallest absolute Gasteiger partial charge is 0.331 e. The Morgan fingerprint density at radius 1 is 0.208 bits per heavy atom. The number of nitrogens with zero attached hydrogens (tertiary/aromatic N) is 3. The molecule has 0 N–H and O–H groups in total. The summed E-state index contributed by atoms with van der Waals surface area (Å²) in [5.41, 5.74) is 0. The van der Waals surface area contributed by atoms with Crippen molar-refractivity contribution < 1.29 is 28.4 Å². The van der Waals surface area contributed by atoms with Crippen molar-refractivity contribution in [2.75, 3.05) is 0 Å². The van der Waals surface area contributed by atoms with E-state index in [1.165, 1.54) is 0 Å². The highest BCUT2D eigenvalue weighted by molar-refractivity contribution is 5.39. The summed E-state index contributed by atoms with van der Waals surface area (Å²) in [5, 5.41) is 0. The average molecular weight is 634 g/mol. The van der Waals surface area contributed by atoms with E-state index in [9.17, 15) is 0 Å². The summed E-state index contributed by atoms with van der Waals surface area (Å²) in [6.45, 7) is 0. The Balaban J connectivity index is 1.09. The van der Waals surface area contributed by atoms with Gasteiger partial charge in [0.05, 0.1) is 0 Å². The topological polar surface area (TPSA) is 94.1 Å². The van der Waals surface area contributed by atoms with Crippen molar-refractivity contribution in [3.8, 4) is 69.8 Å². The predicted octanol–water partition coefficient (Wildman–Crippen LogP) is 10.6. The summed E-state index contributed by atoms with van der Waals surface area (Å²) in [7, 11) is 0. The quantitative estimate of drug-likeness (QED) is 0.130. The second-order valence-corrected chi connectivity index (χ2v) is 10.1. The van der Waals surface area contributed by atoms with Crippen LogP contribution in [0.15, 0.2) is 164 Å². The molecular formula is C39H27N3O6. The summed E-state index contributed by atoms with van der Waals surface area (Å²) in [4.78, 5) is 13.1. The highest BCUT2D eigenvalue weighted by Crippen LogP contribution is 2.31. The van der Waals surface area contributed by atoms with Gasteiger partial charge in [0.15, 0.2) is 0 Å². The Morgan fingerprint density at radius 3 is 0.625 bits per heavy atom. The third-order valence-corrected chi connectivity index (χ3v) is 6.61. The lowest BCUT2D eigenvalue weighted by molar-refractivity contribution is 0.361. The van der Waals surface area contributed by atoms with Gasteiger partial charge in [-0.15, -0.1) is 15.0 Å². The summed E-state index contributed by atoms with van der Waals surface area (Å²) in [6.07, 6.45) is 0. The molecule has 6 aromatic carbocycles. The zero-order valence-corrected chi connectivity index (χ0v) is 25.4.